The van der Waals surface area contributed by atoms with Crippen molar-refractivity contribution in [1.29, 1.82) is 0 Å². The molecule has 2 aromatic rings. The molecular weight excluding hydrogens is 314 g/mol. The van der Waals surface area contributed by atoms with E-state index in [1.807, 2.05) is 0 Å². The van der Waals surface area contributed by atoms with Gasteiger partial charge in [0.25, 0.3) is 0 Å². The zero-order valence-corrected chi connectivity index (χ0v) is 11.6. The SMILES string of the molecule is O=C(Cc1cccc(F)c1)Cc1cc(F)ccc1Br. The largest absolute Gasteiger partial charge is 0.299 e. The van der Waals surface area contributed by atoms with Gasteiger partial charge in [0.15, 0.2) is 0 Å². The van der Waals surface area contributed by atoms with Crippen LogP contribution >= 0.6 is 15.9 Å². The lowest BCUT2D eigenvalue weighted by Crippen LogP contribution is -2.07. The highest BCUT2D eigenvalue weighted by Crippen LogP contribution is 2.19. The maximum atomic E-state index is 13.1. The molecule has 0 spiro atoms. The van der Waals surface area contributed by atoms with Gasteiger partial charge in [-0.3, -0.25) is 4.79 Å². The molecule has 4 heteroatoms. The van der Waals surface area contributed by atoms with Crippen molar-refractivity contribution in [3.8, 4) is 0 Å². The van der Waals surface area contributed by atoms with Gasteiger partial charge in [-0.2, -0.15) is 0 Å². The molecule has 0 saturated heterocycles. The number of carbonyl (C=O) groups is 1. The maximum Gasteiger partial charge on any atom is 0.141 e. The van der Waals surface area contributed by atoms with Crippen LogP contribution in [0, 0.1) is 11.6 Å². The van der Waals surface area contributed by atoms with Crippen molar-refractivity contribution in [1.82, 2.24) is 0 Å². The Morgan fingerprint density at radius 2 is 1.74 bits per heavy atom. The molecule has 0 aliphatic heterocycles. The molecule has 0 N–H and O–H groups in total. The quantitative estimate of drug-likeness (QED) is 0.828. The van der Waals surface area contributed by atoms with Gasteiger partial charge in [-0.1, -0.05) is 28.1 Å². The first kappa shape index (κ1) is 13.9. The minimum Gasteiger partial charge on any atom is -0.299 e. The lowest BCUT2D eigenvalue weighted by Gasteiger charge is -2.05. The molecule has 0 radical (unpaired) electrons. The highest BCUT2D eigenvalue weighted by Gasteiger charge is 2.09. The van der Waals surface area contributed by atoms with E-state index < -0.39 is 0 Å². The molecule has 2 rings (SSSR count). The van der Waals surface area contributed by atoms with Crippen molar-refractivity contribution in [3.63, 3.8) is 0 Å². The molecule has 0 saturated carbocycles. The van der Waals surface area contributed by atoms with Gasteiger partial charge in [-0.05, 0) is 41.5 Å². The summed E-state index contributed by atoms with van der Waals surface area (Å²) in [6, 6.07) is 10.1. The molecular formula is C15H11BrF2O. The van der Waals surface area contributed by atoms with Crippen molar-refractivity contribution in [3.05, 3.63) is 69.7 Å². The number of benzene rings is 2. The number of halogens is 3. The standard InChI is InChI=1S/C15H11BrF2O/c16-15-5-4-13(18)8-11(15)9-14(19)7-10-2-1-3-12(17)6-10/h1-6,8H,7,9H2. The first-order chi connectivity index (χ1) is 9.04. The summed E-state index contributed by atoms with van der Waals surface area (Å²) < 4.78 is 26.8. The Labute approximate surface area is 118 Å². The number of hydrogen-bond donors (Lipinski definition) is 0. The minimum absolute atomic E-state index is 0.0862. The van der Waals surface area contributed by atoms with Crippen LogP contribution in [0.4, 0.5) is 8.78 Å². The number of Topliss-reactive ketones (excluding diaryl/α,β-unsaturated/α-hetero) is 1. The lowest BCUT2D eigenvalue weighted by molar-refractivity contribution is -0.117. The number of ketones is 1. The smallest absolute Gasteiger partial charge is 0.141 e. The molecule has 0 bridgehead atoms. The monoisotopic (exact) mass is 324 g/mol. The molecule has 0 amide bonds. The first-order valence-corrected chi connectivity index (χ1v) is 6.54. The predicted molar refractivity (Wildman–Crippen MR) is 72.9 cm³/mol. The fraction of sp³-hybridized carbons (Fsp3) is 0.133. The maximum absolute atomic E-state index is 13.1. The second kappa shape index (κ2) is 6.06. The topological polar surface area (TPSA) is 17.1 Å². The minimum atomic E-state index is -0.378. The number of rotatable bonds is 4. The van der Waals surface area contributed by atoms with E-state index in [2.05, 4.69) is 15.9 Å². The fourth-order valence-electron chi connectivity index (χ4n) is 1.83. The molecule has 0 heterocycles. The van der Waals surface area contributed by atoms with Crippen LogP contribution in [0.2, 0.25) is 0 Å². The molecule has 2 aromatic carbocycles. The van der Waals surface area contributed by atoms with E-state index in [-0.39, 0.29) is 30.3 Å². The number of hydrogen-bond acceptors (Lipinski definition) is 1. The Kier molecular flexibility index (Phi) is 4.43. The average molecular weight is 325 g/mol. The fourth-order valence-corrected chi connectivity index (χ4v) is 2.22. The van der Waals surface area contributed by atoms with Crippen LogP contribution in [0.3, 0.4) is 0 Å². The normalized spacial score (nSPS) is 10.5. The average Bonchev–Trinajstić information content (AvgIpc) is 2.34. The third kappa shape index (κ3) is 3.96. The third-order valence-corrected chi connectivity index (χ3v) is 3.46. The van der Waals surface area contributed by atoms with Gasteiger partial charge in [0, 0.05) is 17.3 Å². The molecule has 0 aliphatic rings. The summed E-state index contributed by atoms with van der Waals surface area (Å²) in [5, 5.41) is 0. The first-order valence-electron chi connectivity index (χ1n) is 5.74. The van der Waals surface area contributed by atoms with Gasteiger partial charge in [0.1, 0.15) is 17.4 Å². The van der Waals surface area contributed by atoms with Crippen molar-refractivity contribution in [2.75, 3.05) is 0 Å². The van der Waals surface area contributed by atoms with Crippen molar-refractivity contribution >= 4 is 21.7 Å². The Balaban J connectivity index is 2.07. The van der Waals surface area contributed by atoms with E-state index in [1.54, 1.807) is 18.2 Å². The van der Waals surface area contributed by atoms with Gasteiger partial charge < -0.3 is 0 Å². The van der Waals surface area contributed by atoms with Crippen molar-refractivity contribution in [2.45, 2.75) is 12.8 Å². The summed E-state index contributed by atoms with van der Waals surface area (Å²) in [6.45, 7) is 0. The van der Waals surface area contributed by atoms with Gasteiger partial charge in [0.2, 0.25) is 0 Å². The van der Waals surface area contributed by atoms with Crippen molar-refractivity contribution < 1.29 is 13.6 Å². The summed E-state index contributed by atoms with van der Waals surface area (Å²) in [7, 11) is 0. The third-order valence-electron chi connectivity index (χ3n) is 2.69. The molecule has 1 nitrogen and oxygen atoms in total. The van der Waals surface area contributed by atoms with Crippen LogP contribution < -0.4 is 0 Å². The molecule has 98 valence electrons. The van der Waals surface area contributed by atoms with Crippen molar-refractivity contribution in [2.24, 2.45) is 0 Å². The van der Waals surface area contributed by atoms with Gasteiger partial charge in [-0.25, -0.2) is 8.78 Å². The molecule has 0 unspecified atom stereocenters. The second-order valence-electron chi connectivity index (χ2n) is 4.26. The Morgan fingerprint density at radius 3 is 2.47 bits per heavy atom. The highest BCUT2D eigenvalue weighted by molar-refractivity contribution is 9.10. The lowest BCUT2D eigenvalue weighted by atomic mass is 10.0. The van der Waals surface area contributed by atoms with E-state index in [0.29, 0.717) is 15.6 Å². The van der Waals surface area contributed by atoms with Crippen LogP contribution in [0.25, 0.3) is 0 Å². The van der Waals surface area contributed by atoms with Crippen LogP contribution in [0.1, 0.15) is 11.1 Å². The van der Waals surface area contributed by atoms with Crippen LogP contribution in [-0.4, -0.2) is 5.78 Å². The van der Waals surface area contributed by atoms with E-state index in [9.17, 15) is 13.6 Å². The highest BCUT2D eigenvalue weighted by atomic mass is 79.9. The molecule has 19 heavy (non-hydrogen) atoms. The van der Waals surface area contributed by atoms with Crippen LogP contribution in [0.15, 0.2) is 46.9 Å². The molecule has 0 fully saturated rings. The van der Waals surface area contributed by atoms with E-state index in [0.717, 1.165) is 0 Å². The summed E-state index contributed by atoms with van der Waals surface area (Å²) in [6.07, 6.45) is 0.259. The Morgan fingerprint density at radius 1 is 1.00 bits per heavy atom. The predicted octanol–water partition coefficient (Wildman–Crippen LogP) is 4.08. The van der Waals surface area contributed by atoms with Gasteiger partial charge in [-0.15, -0.1) is 0 Å². The summed E-state index contributed by atoms with van der Waals surface area (Å²) in [4.78, 5) is 11.9. The van der Waals surface area contributed by atoms with E-state index >= 15 is 0 Å². The number of carbonyl (C=O) groups excluding carboxylic acids is 1. The van der Waals surface area contributed by atoms with Gasteiger partial charge in [0.05, 0.1) is 0 Å². The molecule has 0 aliphatic carbocycles. The second-order valence-corrected chi connectivity index (χ2v) is 5.11. The zero-order valence-electron chi connectivity index (χ0n) is 10.00. The molecule has 0 aromatic heterocycles. The molecule has 0 atom stereocenters. The summed E-state index contributed by atoms with van der Waals surface area (Å²) in [5.74, 6) is -0.828. The Hall–Kier alpha value is -1.55. The summed E-state index contributed by atoms with van der Waals surface area (Å²) >= 11 is 3.28. The van der Waals surface area contributed by atoms with E-state index in [1.165, 1.54) is 24.3 Å². The zero-order chi connectivity index (χ0) is 13.8. The van der Waals surface area contributed by atoms with Crippen LogP contribution in [-0.2, 0) is 17.6 Å². The van der Waals surface area contributed by atoms with E-state index in [4.69, 9.17) is 0 Å². The van der Waals surface area contributed by atoms with Crippen LogP contribution in [0.5, 0.6) is 0 Å². The Bertz CT molecular complexity index is 611. The van der Waals surface area contributed by atoms with Gasteiger partial charge >= 0.3 is 0 Å². The summed E-state index contributed by atoms with van der Waals surface area (Å²) in [5.41, 5.74) is 1.22.